The smallest absolute Gasteiger partial charge is 0.0999 e. The normalized spacial score (nSPS) is 16.5. The van der Waals surface area contributed by atoms with Gasteiger partial charge in [0.1, 0.15) is 0 Å². The topological polar surface area (TPSA) is 42.7 Å². The van der Waals surface area contributed by atoms with Crippen molar-refractivity contribution in [1.29, 1.82) is 0 Å². The fraction of sp³-hybridized carbons (Fsp3) is 0.846. The van der Waals surface area contributed by atoms with E-state index in [1.54, 1.807) is 0 Å². The largest absolute Gasteiger partial charge is 0.314 e. The summed E-state index contributed by atoms with van der Waals surface area (Å²) in [5.74, 6) is 1.43. The van der Waals surface area contributed by atoms with Gasteiger partial charge in [0, 0.05) is 19.0 Å². The van der Waals surface area contributed by atoms with E-state index in [4.69, 9.17) is 0 Å². The first-order chi connectivity index (χ1) is 8.22. The molecule has 1 fully saturated rings. The van der Waals surface area contributed by atoms with Crippen LogP contribution in [0.25, 0.3) is 0 Å². The van der Waals surface area contributed by atoms with E-state index in [-0.39, 0.29) is 0 Å². The van der Waals surface area contributed by atoms with Crippen molar-refractivity contribution in [3.05, 3.63) is 11.4 Å². The predicted octanol–water partition coefficient (Wildman–Crippen LogP) is 2.31. The number of hydrogen-bond donors (Lipinski definition) is 1. The summed E-state index contributed by atoms with van der Waals surface area (Å²) in [7, 11) is 1.97. The highest BCUT2D eigenvalue weighted by Crippen LogP contribution is 2.37. The molecule has 1 aromatic rings. The van der Waals surface area contributed by atoms with E-state index in [0.29, 0.717) is 5.92 Å². The van der Waals surface area contributed by atoms with Crippen LogP contribution in [0.5, 0.6) is 0 Å². The zero-order valence-electron chi connectivity index (χ0n) is 11.2. The zero-order chi connectivity index (χ0) is 12.3. The van der Waals surface area contributed by atoms with Crippen molar-refractivity contribution < 1.29 is 0 Å². The van der Waals surface area contributed by atoms with E-state index in [1.165, 1.54) is 31.4 Å². The van der Waals surface area contributed by atoms with Crippen molar-refractivity contribution in [3.8, 4) is 0 Å². The van der Waals surface area contributed by atoms with Crippen molar-refractivity contribution in [3.63, 3.8) is 0 Å². The Balaban J connectivity index is 2.12. The number of nitrogens with zero attached hydrogens (tertiary/aromatic N) is 3. The lowest BCUT2D eigenvalue weighted by atomic mass is 9.82. The third kappa shape index (κ3) is 2.86. The molecular weight excluding hydrogens is 212 g/mol. The molecule has 0 spiro atoms. The lowest BCUT2D eigenvalue weighted by molar-refractivity contribution is 0.374. The van der Waals surface area contributed by atoms with Gasteiger partial charge >= 0.3 is 0 Å². The van der Waals surface area contributed by atoms with Crippen LogP contribution >= 0.6 is 0 Å². The summed E-state index contributed by atoms with van der Waals surface area (Å²) in [5.41, 5.74) is 2.55. The van der Waals surface area contributed by atoms with Crippen LogP contribution in [0, 0.1) is 5.92 Å². The lowest BCUT2D eigenvalue weighted by Crippen LogP contribution is -2.19. The van der Waals surface area contributed by atoms with Gasteiger partial charge in [-0.05, 0) is 32.2 Å². The van der Waals surface area contributed by atoms with Gasteiger partial charge < -0.3 is 5.32 Å². The van der Waals surface area contributed by atoms with Crippen molar-refractivity contribution in [1.82, 2.24) is 20.3 Å². The van der Waals surface area contributed by atoms with E-state index in [2.05, 4.69) is 34.2 Å². The first-order valence-corrected chi connectivity index (χ1v) is 6.79. The molecule has 0 radical (unpaired) electrons. The maximum absolute atomic E-state index is 4.34. The molecule has 1 aromatic heterocycles. The highest BCUT2D eigenvalue weighted by atomic mass is 15.4. The third-order valence-corrected chi connectivity index (χ3v) is 3.60. The quantitative estimate of drug-likeness (QED) is 0.824. The first-order valence-electron chi connectivity index (χ1n) is 6.79. The maximum atomic E-state index is 4.34. The predicted molar refractivity (Wildman–Crippen MR) is 68.8 cm³/mol. The molecule has 0 saturated heterocycles. The fourth-order valence-electron chi connectivity index (χ4n) is 2.32. The van der Waals surface area contributed by atoms with E-state index in [1.807, 2.05) is 7.05 Å². The molecule has 1 N–H and O–H groups in total. The van der Waals surface area contributed by atoms with Crippen LogP contribution in [0.4, 0.5) is 0 Å². The standard InChI is InChI=1S/C13H24N4/c1-10(2)7-8-17-13(11-5-4-6-11)12(9-14-3)15-16-17/h10-11,14H,4-9H2,1-3H3. The number of aromatic nitrogens is 3. The summed E-state index contributed by atoms with van der Waals surface area (Å²) in [5, 5.41) is 11.9. The molecule has 0 bridgehead atoms. The van der Waals surface area contributed by atoms with Crippen LogP contribution in [-0.4, -0.2) is 22.0 Å². The second-order valence-corrected chi connectivity index (χ2v) is 5.49. The highest BCUT2D eigenvalue weighted by molar-refractivity contribution is 5.18. The maximum Gasteiger partial charge on any atom is 0.0999 e. The van der Waals surface area contributed by atoms with Gasteiger partial charge in [-0.15, -0.1) is 5.10 Å². The van der Waals surface area contributed by atoms with E-state index in [9.17, 15) is 0 Å². The van der Waals surface area contributed by atoms with Gasteiger partial charge in [0.2, 0.25) is 0 Å². The molecule has 1 heterocycles. The van der Waals surface area contributed by atoms with Gasteiger partial charge in [0.15, 0.2) is 0 Å². The molecule has 0 amide bonds. The van der Waals surface area contributed by atoms with Gasteiger partial charge in [-0.25, -0.2) is 4.68 Å². The van der Waals surface area contributed by atoms with Gasteiger partial charge in [-0.3, -0.25) is 0 Å². The Bertz CT molecular complexity index is 352. The SMILES string of the molecule is CNCc1nnn(CCC(C)C)c1C1CCC1. The fourth-order valence-corrected chi connectivity index (χ4v) is 2.32. The van der Waals surface area contributed by atoms with Crippen molar-refractivity contribution in [2.75, 3.05) is 7.05 Å². The summed E-state index contributed by atoms with van der Waals surface area (Å²) < 4.78 is 2.15. The van der Waals surface area contributed by atoms with Crippen LogP contribution in [0.15, 0.2) is 0 Å². The minimum Gasteiger partial charge on any atom is -0.314 e. The Kier molecular flexibility index (Phi) is 4.15. The molecule has 17 heavy (non-hydrogen) atoms. The lowest BCUT2D eigenvalue weighted by Gasteiger charge is -2.26. The molecular formula is C13H24N4. The van der Waals surface area contributed by atoms with Crippen molar-refractivity contribution in [2.45, 2.75) is 58.5 Å². The molecule has 4 heteroatoms. The summed E-state index contributed by atoms with van der Waals surface area (Å²) in [4.78, 5) is 0. The zero-order valence-corrected chi connectivity index (χ0v) is 11.2. The average molecular weight is 236 g/mol. The van der Waals surface area contributed by atoms with Crippen molar-refractivity contribution >= 4 is 0 Å². The molecule has 96 valence electrons. The Morgan fingerprint density at radius 1 is 1.41 bits per heavy atom. The van der Waals surface area contributed by atoms with Gasteiger partial charge in [-0.1, -0.05) is 25.5 Å². The van der Waals surface area contributed by atoms with E-state index in [0.717, 1.165) is 24.7 Å². The Labute approximate surface area is 104 Å². The monoisotopic (exact) mass is 236 g/mol. The molecule has 0 aromatic carbocycles. The number of nitrogens with one attached hydrogen (secondary N) is 1. The van der Waals surface area contributed by atoms with E-state index < -0.39 is 0 Å². The molecule has 1 aliphatic carbocycles. The number of rotatable bonds is 6. The van der Waals surface area contributed by atoms with Gasteiger partial charge in [0.25, 0.3) is 0 Å². The van der Waals surface area contributed by atoms with Gasteiger partial charge in [0.05, 0.1) is 11.4 Å². The number of aryl methyl sites for hydroxylation is 1. The van der Waals surface area contributed by atoms with Crippen LogP contribution in [0.2, 0.25) is 0 Å². The minimum atomic E-state index is 0.709. The molecule has 1 saturated carbocycles. The number of hydrogen-bond acceptors (Lipinski definition) is 3. The molecule has 1 aliphatic rings. The molecule has 0 unspecified atom stereocenters. The van der Waals surface area contributed by atoms with Crippen LogP contribution in [0.1, 0.15) is 56.8 Å². The molecule has 0 aliphatic heterocycles. The second kappa shape index (κ2) is 5.63. The summed E-state index contributed by atoms with van der Waals surface area (Å²) in [6, 6.07) is 0. The van der Waals surface area contributed by atoms with E-state index >= 15 is 0 Å². The molecule has 2 rings (SSSR count). The first kappa shape index (κ1) is 12.6. The Morgan fingerprint density at radius 3 is 2.71 bits per heavy atom. The summed E-state index contributed by atoms with van der Waals surface area (Å²) in [6.07, 6.45) is 5.17. The molecule has 0 atom stereocenters. The second-order valence-electron chi connectivity index (χ2n) is 5.49. The van der Waals surface area contributed by atoms with Crippen LogP contribution in [-0.2, 0) is 13.1 Å². The Hall–Kier alpha value is -0.900. The van der Waals surface area contributed by atoms with Crippen molar-refractivity contribution in [2.24, 2.45) is 5.92 Å². The Morgan fingerprint density at radius 2 is 2.18 bits per heavy atom. The summed E-state index contributed by atoms with van der Waals surface area (Å²) >= 11 is 0. The third-order valence-electron chi connectivity index (χ3n) is 3.60. The van der Waals surface area contributed by atoms with Gasteiger partial charge in [-0.2, -0.15) is 0 Å². The minimum absolute atomic E-state index is 0.709. The average Bonchev–Trinajstić information content (AvgIpc) is 2.58. The molecule has 4 nitrogen and oxygen atoms in total. The highest BCUT2D eigenvalue weighted by Gasteiger charge is 2.27. The van der Waals surface area contributed by atoms with Crippen LogP contribution in [0.3, 0.4) is 0 Å². The van der Waals surface area contributed by atoms with Crippen LogP contribution < -0.4 is 5.32 Å². The summed E-state index contributed by atoms with van der Waals surface area (Å²) in [6.45, 7) is 6.37.